The van der Waals surface area contributed by atoms with Gasteiger partial charge in [-0.25, -0.2) is 4.98 Å². The van der Waals surface area contributed by atoms with Crippen LogP contribution in [0.1, 0.15) is 48.7 Å². The molecule has 0 spiro atoms. The molecule has 0 aliphatic carbocycles. The Morgan fingerprint density at radius 2 is 1.70 bits per heavy atom. The Morgan fingerprint density at radius 1 is 1.00 bits per heavy atom. The lowest BCUT2D eigenvalue weighted by atomic mass is 10.2. The molecule has 33 heavy (non-hydrogen) atoms. The molecule has 0 saturated carbocycles. The van der Waals surface area contributed by atoms with E-state index < -0.39 is 0 Å². The number of aryl methyl sites for hydroxylation is 1. The second kappa shape index (κ2) is 10.8. The van der Waals surface area contributed by atoms with Crippen molar-refractivity contribution >= 4 is 29.0 Å². The minimum absolute atomic E-state index is 0.159. The number of aromatic nitrogens is 2. The van der Waals surface area contributed by atoms with E-state index >= 15 is 0 Å². The number of unbranched alkanes of at least 4 members (excludes halogenated alkanes) is 1. The van der Waals surface area contributed by atoms with Gasteiger partial charge < -0.3 is 20.3 Å². The number of amides is 1. The summed E-state index contributed by atoms with van der Waals surface area (Å²) in [6.45, 7) is 6.88. The minimum Gasteiger partial charge on any atom is -0.494 e. The third kappa shape index (κ3) is 6.22. The molecule has 0 bridgehead atoms. The van der Waals surface area contributed by atoms with Gasteiger partial charge in [0.15, 0.2) is 0 Å². The molecule has 3 aromatic rings. The van der Waals surface area contributed by atoms with E-state index in [9.17, 15) is 4.79 Å². The molecule has 1 aromatic heterocycles. The first kappa shape index (κ1) is 22.6. The third-order valence-electron chi connectivity index (χ3n) is 5.55. The fourth-order valence-corrected chi connectivity index (χ4v) is 3.72. The first-order valence-electron chi connectivity index (χ1n) is 11.6. The molecule has 2 N–H and O–H groups in total. The van der Waals surface area contributed by atoms with Gasteiger partial charge in [0.25, 0.3) is 5.91 Å². The molecule has 7 heteroatoms. The Labute approximate surface area is 195 Å². The van der Waals surface area contributed by atoms with Crippen LogP contribution in [0.3, 0.4) is 0 Å². The smallest absolute Gasteiger partial charge is 0.255 e. The summed E-state index contributed by atoms with van der Waals surface area (Å²) >= 11 is 0. The SMILES string of the molecule is CCCCOc1ccc(C(=O)Nc2ccc(Nc3nc(C)cc(N4CCCC4)n3)cc2)cc1. The maximum Gasteiger partial charge on any atom is 0.255 e. The van der Waals surface area contributed by atoms with Gasteiger partial charge in [0.2, 0.25) is 5.95 Å². The molecule has 172 valence electrons. The fraction of sp³-hybridized carbons (Fsp3) is 0.346. The number of carbonyl (C=O) groups excluding carboxylic acids is 1. The lowest BCUT2D eigenvalue weighted by Crippen LogP contribution is -2.19. The molecule has 4 rings (SSSR count). The van der Waals surface area contributed by atoms with Crippen molar-refractivity contribution in [2.75, 3.05) is 35.2 Å². The van der Waals surface area contributed by atoms with E-state index in [-0.39, 0.29) is 5.91 Å². The monoisotopic (exact) mass is 445 g/mol. The van der Waals surface area contributed by atoms with Crippen molar-refractivity contribution in [3.63, 3.8) is 0 Å². The topological polar surface area (TPSA) is 79.4 Å². The second-order valence-electron chi connectivity index (χ2n) is 8.27. The zero-order valence-corrected chi connectivity index (χ0v) is 19.3. The quantitative estimate of drug-likeness (QED) is 0.420. The second-order valence-corrected chi connectivity index (χ2v) is 8.27. The standard InChI is InChI=1S/C26H31N5O2/c1-3-4-17-33-23-13-7-20(8-14-23)25(32)28-21-9-11-22(12-10-21)29-26-27-19(2)18-24(30-26)31-15-5-6-16-31/h7-14,18H,3-6,15-17H2,1-2H3,(H,28,32)(H,27,29,30). The van der Waals surface area contributed by atoms with Gasteiger partial charge in [0, 0.05) is 41.8 Å². The molecule has 1 aliphatic rings. The average Bonchev–Trinajstić information content (AvgIpc) is 3.36. The van der Waals surface area contributed by atoms with Crippen LogP contribution >= 0.6 is 0 Å². The van der Waals surface area contributed by atoms with Gasteiger partial charge in [-0.15, -0.1) is 0 Å². The summed E-state index contributed by atoms with van der Waals surface area (Å²) in [5, 5.41) is 6.20. The van der Waals surface area contributed by atoms with Crippen LogP contribution in [0.5, 0.6) is 5.75 Å². The van der Waals surface area contributed by atoms with E-state index in [0.29, 0.717) is 18.1 Å². The van der Waals surface area contributed by atoms with Crippen LogP contribution in [0.15, 0.2) is 54.6 Å². The Morgan fingerprint density at radius 3 is 2.39 bits per heavy atom. The van der Waals surface area contributed by atoms with Crippen LogP contribution < -0.4 is 20.3 Å². The van der Waals surface area contributed by atoms with Gasteiger partial charge in [-0.2, -0.15) is 4.98 Å². The van der Waals surface area contributed by atoms with E-state index in [1.807, 2.05) is 49.4 Å². The molecular weight excluding hydrogens is 414 g/mol. The van der Waals surface area contributed by atoms with Crippen LogP contribution in [0.2, 0.25) is 0 Å². The number of anilines is 4. The highest BCUT2D eigenvalue weighted by Gasteiger charge is 2.15. The average molecular weight is 446 g/mol. The minimum atomic E-state index is -0.159. The van der Waals surface area contributed by atoms with Crippen molar-refractivity contribution in [1.29, 1.82) is 0 Å². The molecule has 0 atom stereocenters. The van der Waals surface area contributed by atoms with Gasteiger partial charge in [-0.3, -0.25) is 4.79 Å². The first-order chi connectivity index (χ1) is 16.1. The van der Waals surface area contributed by atoms with Gasteiger partial charge in [-0.1, -0.05) is 13.3 Å². The van der Waals surface area contributed by atoms with Crippen molar-refractivity contribution in [2.45, 2.75) is 39.5 Å². The molecule has 0 unspecified atom stereocenters. The van der Waals surface area contributed by atoms with Crippen LogP contribution in [0.4, 0.5) is 23.1 Å². The predicted octanol–water partition coefficient (Wildman–Crippen LogP) is 5.56. The molecule has 2 heterocycles. The normalized spacial score (nSPS) is 13.1. The first-order valence-corrected chi connectivity index (χ1v) is 11.6. The maximum atomic E-state index is 12.6. The predicted molar refractivity (Wildman–Crippen MR) is 133 cm³/mol. The van der Waals surface area contributed by atoms with Gasteiger partial charge in [0.05, 0.1) is 6.61 Å². The number of rotatable bonds is 9. The molecule has 1 fully saturated rings. The van der Waals surface area contributed by atoms with Crippen molar-refractivity contribution in [1.82, 2.24) is 9.97 Å². The lowest BCUT2D eigenvalue weighted by molar-refractivity contribution is 0.102. The largest absolute Gasteiger partial charge is 0.494 e. The Hall–Kier alpha value is -3.61. The Balaban J connectivity index is 1.35. The van der Waals surface area contributed by atoms with E-state index in [1.54, 1.807) is 12.1 Å². The zero-order valence-electron chi connectivity index (χ0n) is 19.3. The number of ether oxygens (including phenoxy) is 1. The number of benzene rings is 2. The summed E-state index contributed by atoms with van der Waals surface area (Å²) < 4.78 is 5.65. The van der Waals surface area contributed by atoms with Crippen molar-refractivity contribution in [3.8, 4) is 5.75 Å². The lowest BCUT2D eigenvalue weighted by Gasteiger charge is -2.17. The summed E-state index contributed by atoms with van der Waals surface area (Å²) in [5.74, 6) is 2.16. The highest BCUT2D eigenvalue weighted by molar-refractivity contribution is 6.04. The number of nitrogens with zero attached hydrogens (tertiary/aromatic N) is 3. The highest BCUT2D eigenvalue weighted by Crippen LogP contribution is 2.23. The Kier molecular flexibility index (Phi) is 7.40. The van der Waals surface area contributed by atoms with Crippen LogP contribution in [-0.4, -0.2) is 35.6 Å². The molecular formula is C26H31N5O2. The molecule has 1 saturated heterocycles. The maximum absolute atomic E-state index is 12.6. The van der Waals surface area contributed by atoms with Crippen molar-refractivity contribution in [2.24, 2.45) is 0 Å². The van der Waals surface area contributed by atoms with E-state index in [1.165, 1.54) is 12.8 Å². The van der Waals surface area contributed by atoms with Gasteiger partial charge in [0.1, 0.15) is 11.6 Å². The number of carbonyl (C=O) groups is 1. The summed E-state index contributed by atoms with van der Waals surface area (Å²) in [6, 6.07) is 16.8. The van der Waals surface area contributed by atoms with Crippen LogP contribution in [0.25, 0.3) is 0 Å². The van der Waals surface area contributed by atoms with Crippen molar-refractivity contribution in [3.05, 3.63) is 65.9 Å². The highest BCUT2D eigenvalue weighted by atomic mass is 16.5. The van der Waals surface area contributed by atoms with Gasteiger partial charge >= 0.3 is 0 Å². The molecule has 0 radical (unpaired) electrons. The van der Waals surface area contributed by atoms with Crippen LogP contribution in [-0.2, 0) is 0 Å². The Bertz CT molecular complexity index is 1060. The van der Waals surface area contributed by atoms with Gasteiger partial charge in [-0.05, 0) is 74.7 Å². The molecule has 2 aromatic carbocycles. The number of hydrogen-bond donors (Lipinski definition) is 2. The number of hydrogen-bond acceptors (Lipinski definition) is 6. The zero-order chi connectivity index (χ0) is 23.0. The van der Waals surface area contributed by atoms with E-state index in [4.69, 9.17) is 4.74 Å². The summed E-state index contributed by atoms with van der Waals surface area (Å²) in [7, 11) is 0. The third-order valence-corrected chi connectivity index (χ3v) is 5.55. The van der Waals surface area contributed by atoms with E-state index in [2.05, 4.69) is 32.4 Å². The van der Waals surface area contributed by atoms with E-state index in [0.717, 1.165) is 54.6 Å². The molecule has 1 aliphatic heterocycles. The fourth-order valence-electron chi connectivity index (χ4n) is 3.72. The summed E-state index contributed by atoms with van der Waals surface area (Å²) in [4.78, 5) is 24.1. The van der Waals surface area contributed by atoms with Crippen molar-refractivity contribution < 1.29 is 9.53 Å². The summed E-state index contributed by atoms with van der Waals surface area (Å²) in [5.41, 5.74) is 3.10. The number of nitrogens with one attached hydrogen (secondary N) is 2. The van der Waals surface area contributed by atoms with Crippen LogP contribution in [0, 0.1) is 6.92 Å². The summed E-state index contributed by atoms with van der Waals surface area (Å²) in [6.07, 6.45) is 4.51. The molecule has 7 nitrogen and oxygen atoms in total. The molecule has 1 amide bonds.